The van der Waals surface area contributed by atoms with Gasteiger partial charge in [0.1, 0.15) is 0 Å². The largest absolute Gasteiger partial charge is 0.372 e. The van der Waals surface area contributed by atoms with Crippen molar-refractivity contribution in [2.75, 3.05) is 19.7 Å². The van der Waals surface area contributed by atoms with Crippen LogP contribution in [0.2, 0.25) is 0 Å². The molecule has 2 nitrogen and oxygen atoms in total. The first-order valence-corrected chi connectivity index (χ1v) is 5.25. The molecule has 1 unspecified atom stereocenters. The molecule has 1 saturated heterocycles. The lowest BCUT2D eigenvalue weighted by molar-refractivity contribution is 0.0644. The minimum absolute atomic E-state index is 0.283. The van der Waals surface area contributed by atoms with Crippen molar-refractivity contribution in [1.29, 1.82) is 0 Å². The average molecular weight is 191 g/mol. The van der Waals surface area contributed by atoms with Crippen LogP contribution in [0, 0.1) is 6.92 Å². The van der Waals surface area contributed by atoms with Gasteiger partial charge in [-0.15, -0.1) is 0 Å². The van der Waals surface area contributed by atoms with E-state index in [0.29, 0.717) is 0 Å². The fourth-order valence-corrected chi connectivity index (χ4v) is 1.76. The van der Waals surface area contributed by atoms with E-state index in [4.69, 9.17) is 4.74 Å². The highest BCUT2D eigenvalue weighted by Crippen LogP contribution is 2.21. The lowest BCUT2D eigenvalue weighted by Gasteiger charge is -2.14. The predicted molar refractivity (Wildman–Crippen MR) is 57.4 cm³/mol. The number of benzene rings is 1. The minimum Gasteiger partial charge on any atom is -0.372 e. The molecule has 0 bridgehead atoms. The van der Waals surface area contributed by atoms with Crippen LogP contribution in [0.25, 0.3) is 0 Å². The third kappa shape index (κ3) is 2.34. The van der Waals surface area contributed by atoms with Crippen LogP contribution in [0.5, 0.6) is 0 Å². The highest BCUT2D eigenvalue weighted by Gasteiger charge is 2.13. The molecule has 1 aliphatic rings. The quantitative estimate of drug-likeness (QED) is 0.733. The maximum atomic E-state index is 5.77. The van der Waals surface area contributed by atoms with Gasteiger partial charge in [0.15, 0.2) is 0 Å². The molecule has 1 atom stereocenters. The maximum Gasteiger partial charge on any atom is 0.0837 e. The van der Waals surface area contributed by atoms with Gasteiger partial charge >= 0.3 is 0 Å². The molecular formula is C12H17NO. The molecule has 1 N–H and O–H groups in total. The van der Waals surface area contributed by atoms with Crippen LogP contribution in [-0.2, 0) is 4.74 Å². The summed E-state index contributed by atoms with van der Waals surface area (Å²) in [5.41, 5.74) is 2.61. The fourth-order valence-electron chi connectivity index (χ4n) is 1.76. The monoisotopic (exact) mass is 191 g/mol. The van der Waals surface area contributed by atoms with Crippen LogP contribution in [0.3, 0.4) is 0 Å². The van der Waals surface area contributed by atoms with E-state index in [9.17, 15) is 0 Å². The van der Waals surface area contributed by atoms with Gasteiger partial charge in [-0.1, -0.05) is 29.8 Å². The van der Waals surface area contributed by atoms with E-state index in [-0.39, 0.29) is 6.10 Å². The summed E-state index contributed by atoms with van der Waals surface area (Å²) >= 11 is 0. The summed E-state index contributed by atoms with van der Waals surface area (Å²) in [5.74, 6) is 0. The molecule has 2 heteroatoms. The Morgan fingerprint density at radius 3 is 2.79 bits per heavy atom. The highest BCUT2D eigenvalue weighted by atomic mass is 16.5. The van der Waals surface area contributed by atoms with E-state index in [1.54, 1.807) is 0 Å². The van der Waals surface area contributed by atoms with Gasteiger partial charge in [0, 0.05) is 6.54 Å². The van der Waals surface area contributed by atoms with Gasteiger partial charge in [-0.3, -0.25) is 0 Å². The number of hydrogen-bond acceptors (Lipinski definition) is 2. The van der Waals surface area contributed by atoms with E-state index in [2.05, 4.69) is 36.5 Å². The molecule has 2 rings (SSSR count). The summed E-state index contributed by atoms with van der Waals surface area (Å²) in [4.78, 5) is 0. The summed E-state index contributed by atoms with van der Waals surface area (Å²) < 4.78 is 5.77. The van der Waals surface area contributed by atoms with Crippen LogP contribution in [0.4, 0.5) is 0 Å². The Balaban J connectivity index is 2.08. The zero-order valence-corrected chi connectivity index (χ0v) is 8.62. The van der Waals surface area contributed by atoms with E-state index >= 15 is 0 Å². The first-order valence-electron chi connectivity index (χ1n) is 5.25. The molecule has 1 fully saturated rings. The van der Waals surface area contributed by atoms with Gasteiger partial charge < -0.3 is 10.1 Å². The Labute approximate surface area is 85.3 Å². The first-order chi connectivity index (χ1) is 6.86. The number of rotatable bonds is 1. The van der Waals surface area contributed by atoms with Crippen LogP contribution in [0.1, 0.15) is 23.7 Å². The maximum absolute atomic E-state index is 5.77. The Bertz CT molecular complexity index is 273. The molecule has 1 aromatic carbocycles. The molecule has 1 aromatic rings. The molecule has 0 aliphatic carbocycles. The van der Waals surface area contributed by atoms with Crippen LogP contribution >= 0.6 is 0 Å². The van der Waals surface area contributed by atoms with E-state index in [1.807, 2.05) is 0 Å². The van der Waals surface area contributed by atoms with Crippen molar-refractivity contribution in [2.24, 2.45) is 0 Å². The van der Waals surface area contributed by atoms with Crippen LogP contribution in [0.15, 0.2) is 24.3 Å². The predicted octanol–water partition coefficient (Wildman–Crippen LogP) is 2.05. The molecule has 76 valence electrons. The van der Waals surface area contributed by atoms with Crippen molar-refractivity contribution in [3.63, 3.8) is 0 Å². The zero-order chi connectivity index (χ0) is 9.80. The van der Waals surface area contributed by atoms with Crippen molar-refractivity contribution in [1.82, 2.24) is 5.32 Å². The van der Waals surface area contributed by atoms with Gasteiger partial charge in [-0.25, -0.2) is 0 Å². The minimum atomic E-state index is 0.283. The summed E-state index contributed by atoms with van der Waals surface area (Å²) in [6.07, 6.45) is 1.36. The molecule has 14 heavy (non-hydrogen) atoms. The highest BCUT2D eigenvalue weighted by molar-refractivity contribution is 5.23. The molecule has 1 heterocycles. The van der Waals surface area contributed by atoms with Crippen molar-refractivity contribution in [3.05, 3.63) is 35.4 Å². The molecular weight excluding hydrogens is 174 g/mol. The summed E-state index contributed by atoms with van der Waals surface area (Å²) in [6.45, 7) is 4.96. The summed E-state index contributed by atoms with van der Waals surface area (Å²) in [5, 5.41) is 3.33. The smallest absolute Gasteiger partial charge is 0.0837 e. The number of hydrogen-bond donors (Lipinski definition) is 1. The molecule has 0 saturated carbocycles. The SMILES string of the molecule is Cc1ccc(C2CCNCCO2)cc1. The Hall–Kier alpha value is -0.860. The molecule has 0 aromatic heterocycles. The molecule has 0 spiro atoms. The molecule has 0 amide bonds. The Morgan fingerprint density at radius 2 is 2.00 bits per heavy atom. The second kappa shape index (κ2) is 4.58. The van der Waals surface area contributed by atoms with Crippen molar-refractivity contribution in [3.8, 4) is 0 Å². The van der Waals surface area contributed by atoms with E-state index in [0.717, 1.165) is 26.1 Å². The third-order valence-corrected chi connectivity index (χ3v) is 2.63. The van der Waals surface area contributed by atoms with Crippen LogP contribution < -0.4 is 5.32 Å². The van der Waals surface area contributed by atoms with Crippen molar-refractivity contribution >= 4 is 0 Å². The Morgan fingerprint density at radius 1 is 1.21 bits per heavy atom. The second-order valence-electron chi connectivity index (χ2n) is 3.81. The molecule has 1 aliphatic heterocycles. The normalized spacial score (nSPS) is 23.1. The fraction of sp³-hybridized carbons (Fsp3) is 0.500. The van der Waals surface area contributed by atoms with Gasteiger partial charge in [0.2, 0.25) is 0 Å². The standard InChI is InChI=1S/C12H17NO/c1-10-2-4-11(5-3-10)12-6-7-13-8-9-14-12/h2-5,12-13H,6-9H2,1H3. The van der Waals surface area contributed by atoms with E-state index in [1.165, 1.54) is 11.1 Å². The number of aryl methyl sites for hydroxylation is 1. The first kappa shape index (κ1) is 9.69. The topological polar surface area (TPSA) is 21.3 Å². The summed E-state index contributed by atoms with van der Waals surface area (Å²) in [7, 11) is 0. The third-order valence-electron chi connectivity index (χ3n) is 2.63. The van der Waals surface area contributed by atoms with E-state index < -0.39 is 0 Å². The number of nitrogens with one attached hydrogen (secondary N) is 1. The average Bonchev–Trinajstić information content (AvgIpc) is 2.47. The van der Waals surface area contributed by atoms with Gasteiger partial charge in [0.25, 0.3) is 0 Å². The lowest BCUT2D eigenvalue weighted by Crippen LogP contribution is -2.16. The van der Waals surface area contributed by atoms with Crippen molar-refractivity contribution in [2.45, 2.75) is 19.4 Å². The number of ether oxygens (including phenoxy) is 1. The lowest BCUT2D eigenvalue weighted by atomic mass is 10.1. The summed E-state index contributed by atoms with van der Waals surface area (Å²) in [6, 6.07) is 8.64. The van der Waals surface area contributed by atoms with Gasteiger partial charge in [-0.05, 0) is 25.5 Å². The Kier molecular flexibility index (Phi) is 3.17. The van der Waals surface area contributed by atoms with Crippen LogP contribution in [-0.4, -0.2) is 19.7 Å². The second-order valence-corrected chi connectivity index (χ2v) is 3.81. The molecule has 0 radical (unpaired) electrons. The zero-order valence-electron chi connectivity index (χ0n) is 8.62. The van der Waals surface area contributed by atoms with Crippen molar-refractivity contribution < 1.29 is 4.74 Å². The van der Waals surface area contributed by atoms with Gasteiger partial charge in [0.05, 0.1) is 12.7 Å². The van der Waals surface area contributed by atoms with Gasteiger partial charge in [-0.2, -0.15) is 0 Å².